The van der Waals surface area contributed by atoms with E-state index in [1.54, 1.807) is 24.3 Å². The third-order valence-electron chi connectivity index (χ3n) is 6.54. The fourth-order valence-electron chi connectivity index (χ4n) is 4.55. The average molecular weight is 479 g/mol. The van der Waals surface area contributed by atoms with Crippen molar-refractivity contribution in [1.29, 1.82) is 0 Å². The first-order chi connectivity index (χ1) is 16.8. The minimum atomic E-state index is -0.742. The molecule has 3 aromatic carbocycles. The van der Waals surface area contributed by atoms with E-state index in [1.165, 1.54) is 0 Å². The molecule has 35 heavy (non-hydrogen) atoms. The van der Waals surface area contributed by atoms with Crippen LogP contribution in [0.15, 0.2) is 72.8 Å². The van der Waals surface area contributed by atoms with E-state index >= 15 is 0 Å². The molecule has 1 aliphatic heterocycles. The molecular formula is C28H34N2O5. The Labute approximate surface area is 206 Å². The summed E-state index contributed by atoms with van der Waals surface area (Å²) in [5.74, 6) is 0.151. The first kappa shape index (κ1) is 25.2. The maximum Gasteiger partial charge on any atom is 0.185 e. The predicted molar refractivity (Wildman–Crippen MR) is 134 cm³/mol. The van der Waals surface area contributed by atoms with Gasteiger partial charge in [-0.05, 0) is 48.0 Å². The second-order valence-electron chi connectivity index (χ2n) is 9.32. The largest absolute Gasteiger partial charge is 0.508 e. The van der Waals surface area contributed by atoms with Crippen LogP contribution in [-0.2, 0) is 16.1 Å². The summed E-state index contributed by atoms with van der Waals surface area (Å²) in [7, 11) is 1.94. The highest BCUT2D eigenvalue weighted by Crippen LogP contribution is 2.42. The SMILES string of the molecule is CC1C(CN(C)CC(O)c2cccc(O)c2)OC(c2cccc(N)c2)OC1c1ccc(CO)cc1. The number of hydrogen-bond acceptors (Lipinski definition) is 7. The molecule has 1 saturated heterocycles. The van der Waals surface area contributed by atoms with Crippen LogP contribution < -0.4 is 5.73 Å². The maximum absolute atomic E-state index is 10.7. The van der Waals surface area contributed by atoms with Gasteiger partial charge in [0.1, 0.15) is 5.75 Å². The van der Waals surface area contributed by atoms with Gasteiger partial charge in [0, 0.05) is 30.3 Å². The Morgan fingerprint density at radius 2 is 1.71 bits per heavy atom. The molecular weight excluding hydrogens is 444 g/mol. The summed E-state index contributed by atoms with van der Waals surface area (Å²) < 4.78 is 12.9. The van der Waals surface area contributed by atoms with Crippen molar-refractivity contribution in [3.8, 4) is 5.75 Å². The standard InChI is InChI=1S/C28H34N2O5/c1-18-26(16-30(2)15-25(33)21-5-4-8-24(32)14-21)34-28(22-6-3-7-23(29)13-22)35-27(18)20-11-9-19(17-31)10-12-20/h3-14,18,25-28,31-33H,15-17,29H2,1-2H3. The Morgan fingerprint density at radius 1 is 0.971 bits per heavy atom. The van der Waals surface area contributed by atoms with E-state index in [4.69, 9.17) is 15.2 Å². The summed E-state index contributed by atoms with van der Waals surface area (Å²) in [4.78, 5) is 2.03. The van der Waals surface area contributed by atoms with Crippen molar-refractivity contribution in [2.45, 2.75) is 38.1 Å². The zero-order chi connectivity index (χ0) is 24.9. The zero-order valence-corrected chi connectivity index (χ0v) is 20.1. The van der Waals surface area contributed by atoms with Crippen molar-refractivity contribution >= 4 is 5.69 Å². The fourth-order valence-corrected chi connectivity index (χ4v) is 4.55. The Morgan fingerprint density at radius 3 is 2.40 bits per heavy atom. The van der Waals surface area contributed by atoms with Crippen molar-refractivity contribution in [3.63, 3.8) is 0 Å². The van der Waals surface area contributed by atoms with Crippen LogP contribution in [0.5, 0.6) is 5.75 Å². The van der Waals surface area contributed by atoms with Gasteiger partial charge < -0.3 is 35.4 Å². The second-order valence-corrected chi connectivity index (χ2v) is 9.32. The number of likely N-dealkylation sites (N-methyl/N-ethyl adjacent to an activating group) is 1. The molecule has 0 aromatic heterocycles. The van der Waals surface area contributed by atoms with Crippen LogP contribution in [0.2, 0.25) is 0 Å². The summed E-state index contributed by atoms with van der Waals surface area (Å²) in [5, 5.41) is 29.9. The number of aliphatic hydroxyl groups is 2. The highest BCUT2D eigenvalue weighted by molar-refractivity contribution is 5.41. The van der Waals surface area contributed by atoms with Gasteiger partial charge in [0.25, 0.3) is 0 Å². The van der Waals surface area contributed by atoms with Gasteiger partial charge >= 0.3 is 0 Å². The lowest BCUT2D eigenvalue weighted by Crippen LogP contribution is -2.44. The molecule has 7 nitrogen and oxygen atoms in total. The van der Waals surface area contributed by atoms with Crippen LogP contribution in [0.25, 0.3) is 0 Å². The van der Waals surface area contributed by atoms with E-state index in [-0.39, 0.29) is 30.5 Å². The number of phenols is 1. The number of nitrogen functional groups attached to an aromatic ring is 1. The molecule has 3 aromatic rings. The Kier molecular flexibility index (Phi) is 8.05. The van der Waals surface area contributed by atoms with Crippen LogP contribution in [0, 0.1) is 5.92 Å². The van der Waals surface area contributed by atoms with Gasteiger partial charge in [-0.3, -0.25) is 0 Å². The molecule has 0 saturated carbocycles. The van der Waals surface area contributed by atoms with E-state index < -0.39 is 12.4 Å². The minimum absolute atomic E-state index is 0.00861. The molecule has 1 heterocycles. The fraction of sp³-hybridized carbons (Fsp3) is 0.357. The molecule has 0 aliphatic carbocycles. The van der Waals surface area contributed by atoms with E-state index in [0.29, 0.717) is 24.3 Å². The molecule has 7 heteroatoms. The lowest BCUT2D eigenvalue weighted by atomic mass is 9.90. The molecule has 186 valence electrons. The molecule has 5 atom stereocenters. The van der Waals surface area contributed by atoms with E-state index in [9.17, 15) is 15.3 Å². The normalized spacial score (nSPS) is 23.3. The van der Waals surface area contributed by atoms with Gasteiger partial charge in [-0.25, -0.2) is 0 Å². The monoisotopic (exact) mass is 478 g/mol. The van der Waals surface area contributed by atoms with Crippen LogP contribution in [0.1, 0.15) is 47.7 Å². The molecule has 5 N–H and O–H groups in total. The van der Waals surface area contributed by atoms with Crippen molar-refractivity contribution in [2.75, 3.05) is 25.9 Å². The van der Waals surface area contributed by atoms with Crippen molar-refractivity contribution < 1.29 is 24.8 Å². The number of phenolic OH excluding ortho intramolecular Hbond substituents is 1. The molecule has 1 aliphatic rings. The molecule has 0 bridgehead atoms. The first-order valence-corrected chi connectivity index (χ1v) is 11.9. The number of anilines is 1. The Hall–Kier alpha value is -2.94. The average Bonchev–Trinajstić information content (AvgIpc) is 2.85. The topological polar surface area (TPSA) is 108 Å². The number of hydrogen-bond donors (Lipinski definition) is 4. The van der Waals surface area contributed by atoms with Crippen molar-refractivity contribution in [1.82, 2.24) is 4.90 Å². The van der Waals surface area contributed by atoms with Gasteiger partial charge in [0.05, 0.1) is 24.9 Å². The highest BCUT2D eigenvalue weighted by atomic mass is 16.7. The molecule has 5 unspecified atom stereocenters. The summed E-state index contributed by atoms with van der Waals surface area (Å²) in [6, 6.07) is 22.0. The van der Waals surface area contributed by atoms with Crippen LogP contribution in [-0.4, -0.2) is 46.5 Å². The van der Waals surface area contributed by atoms with E-state index in [2.05, 4.69) is 6.92 Å². The number of aromatic hydroxyl groups is 1. The van der Waals surface area contributed by atoms with Gasteiger partial charge in [-0.1, -0.05) is 55.5 Å². The number of nitrogens with zero attached hydrogens (tertiary/aromatic N) is 1. The molecule has 0 spiro atoms. The quantitative estimate of drug-likeness (QED) is 0.363. The van der Waals surface area contributed by atoms with Gasteiger partial charge in [-0.2, -0.15) is 0 Å². The first-order valence-electron chi connectivity index (χ1n) is 11.9. The number of benzene rings is 3. The van der Waals surface area contributed by atoms with Crippen LogP contribution in [0.4, 0.5) is 5.69 Å². The smallest absolute Gasteiger partial charge is 0.185 e. The van der Waals surface area contributed by atoms with Crippen molar-refractivity contribution in [2.24, 2.45) is 5.92 Å². The third-order valence-corrected chi connectivity index (χ3v) is 6.54. The molecule has 0 amide bonds. The third kappa shape index (κ3) is 6.20. The maximum atomic E-state index is 10.7. The van der Waals surface area contributed by atoms with Gasteiger partial charge in [-0.15, -0.1) is 0 Å². The minimum Gasteiger partial charge on any atom is -0.508 e. The number of ether oxygens (including phenoxy) is 2. The Bertz CT molecular complexity index is 1110. The van der Waals surface area contributed by atoms with E-state index in [0.717, 1.165) is 16.7 Å². The zero-order valence-electron chi connectivity index (χ0n) is 20.1. The van der Waals surface area contributed by atoms with Gasteiger partial charge in [0.2, 0.25) is 0 Å². The lowest BCUT2D eigenvalue weighted by Gasteiger charge is -2.42. The summed E-state index contributed by atoms with van der Waals surface area (Å²) in [6.07, 6.45) is -1.74. The van der Waals surface area contributed by atoms with Crippen LogP contribution in [0.3, 0.4) is 0 Å². The predicted octanol–water partition coefficient (Wildman–Crippen LogP) is 3.92. The highest BCUT2D eigenvalue weighted by Gasteiger charge is 2.39. The lowest BCUT2D eigenvalue weighted by molar-refractivity contribution is -0.276. The van der Waals surface area contributed by atoms with Gasteiger partial charge in [0.15, 0.2) is 6.29 Å². The van der Waals surface area contributed by atoms with E-state index in [1.807, 2.05) is 60.5 Å². The summed E-state index contributed by atoms with van der Waals surface area (Å²) in [5.41, 5.74) is 10.0. The number of nitrogens with two attached hydrogens (primary N) is 1. The second kappa shape index (κ2) is 11.2. The molecule has 0 radical (unpaired) electrons. The molecule has 4 rings (SSSR count). The number of aliphatic hydroxyl groups excluding tert-OH is 2. The molecule has 1 fully saturated rings. The van der Waals surface area contributed by atoms with Crippen molar-refractivity contribution in [3.05, 3.63) is 95.1 Å². The Balaban J connectivity index is 1.53. The van der Waals surface area contributed by atoms with Crippen LogP contribution >= 0.6 is 0 Å². The summed E-state index contributed by atoms with van der Waals surface area (Å²) in [6.45, 7) is 3.05. The number of rotatable bonds is 8. The summed E-state index contributed by atoms with van der Waals surface area (Å²) >= 11 is 0.